The molecule has 0 fully saturated rings. The van der Waals surface area contributed by atoms with Crippen LogP contribution in [0.5, 0.6) is 0 Å². The highest BCUT2D eigenvalue weighted by Gasteiger charge is 2.29. The van der Waals surface area contributed by atoms with Gasteiger partial charge in [-0.3, -0.25) is 9.36 Å². The monoisotopic (exact) mass is 408 g/mol. The van der Waals surface area contributed by atoms with E-state index >= 15 is 0 Å². The van der Waals surface area contributed by atoms with Gasteiger partial charge in [0, 0.05) is 17.8 Å². The van der Waals surface area contributed by atoms with E-state index in [4.69, 9.17) is 23.4 Å². The Labute approximate surface area is 166 Å². The summed E-state index contributed by atoms with van der Waals surface area (Å²) in [4.78, 5) is 28.8. The number of aryl methyl sites for hydroxylation is 1. The molecule has 1 unspecified atom stereocenters. The molecule has 3 rings (SSSR count). The van der Waals surface area contributed by atoms with Crippen LogP contribution in [0.25, 0.3) is 0 Å². The Balaban J connectivity index is 2.17. The minimum Gasteiger partial charge on any atom is -0.477 e. The van der Waals surface area contributed by atoms with Crippen molar-refractivity contribution in [2.75, 3.05) is 4.53 Å². The van der Waals surface area contributed by atoms with Gasteiger partial charge < -0.3 is 5.11 Å². The number of carboxylic acids is 1. The zero-order valence-corrected chi connectivity index (χ0v) is 16.3. The molecule has 27 heavy (non-hydrogen) atoms. The predicted octanol–water partition coefficient (Wildman–Crippen LogP) is 3.88. The molecule has 0 saturated heterocycles. The summed E-state index contributed by atoms with van der Waals surface area (Å²) < 4.78 is 2.52. The predicted molar refractivity (Wildman–Crippen MR) is 105 cm³/mol. The molecular formula is C18H18Cl2N4O3. The van der Waals surface area contributed by atoms with Crippen LogP contribution in [-0.2, 0) is 6.42 Å². The van der Waals surface area contributed by atoms with Crippen LogP contribution in [0.4, 0.5) is 5.69 Å². The maximum absolute atomic E-state index is 12.8. The summed E-state index contributed by atoms with van der Waals surface area (Å²) in [7, 11) is 0. The fraction of sp³-hybridized carbons (Fsp3) is 0.333. The lowest BCUT2D eigenvalue weighted by molar-refractivity contribution is 0.0692. The number of aromatic carboxylic acids is 1. The summed E-state index contributed by atoms with van der Waals surface area (Å²) in [6, 6.07) is 6.79. The van der Waals surface area contributed by atoms with Crippen LogP contribution in [0.2, 0.25) is 5.02 Å². The van der Waals surface area contributed by atoms with E-state index in [0.717, 1.165) is 4.53 Å². The summed E-state index contributed by atoms with van der Waals surface area (Å²) in [6.07, 6.45) is 1.49. The summed E-state index contributed by atoms with van der Waals surface area (Å²) in [5, 5.41) is 14.3. The van der Waals surface area contributed by atoms with Gasteiger partial charge >= 0.3 is 5.97 Å². The molecule has 0 bridgehead atoms. The molecule has 1 N–H and O–H groups in total. The van der Waals surface area contributed by atoms with Gasteiger partial charge in [0.25, 0.3) is 5.56 Å². The van der Waals surface area contributed by atoms with Crippen LogP contribution in [0, 0.1) is 0 Å². The molecule has 0 aliphatic carbocycles. The molecule has 142 valence electrons. The molecule has 0 spiro atoms. The Hall–Kier alpha value is -2.38. The standard InChI is InChI=1S/C18H18Cl2N4O3/c1-3-12-15(18(26)27)17(25)23-10(2)8-9-13(16(23)21-12)22-24(20)14-7-5-4-6-11(14)19/h4-7,10H,3,8-9H2,1-2H3,(H,26,27). The molecule has 1 atom stereocenters. The van der Waals surface area contributed by atoms with E-state index < -0.39 is 11.5 Å². The summed E-state index contributed by atoms with van der Waals surface area (Å²) in [5.41, 5.74) is 0.385. The van der Waals surface area contributed by atoms with Crippen LogP contribution in [0.15, 0.2) is 34.2 Å². The molecule has 0 amide bonds. The normalized spacial score (nSPS) is 17.6. The maximum atomic E-state index is 12.8. The average Bonchev–Trinajstić information content (AvgIpc) is 2.63. The molecule has 0 saturated carbocycles. The van der Waals surface area contributed by atoms with Crippen LogP contribution in [0.1, 0.15) is 54.6 Å². The zero-order valence-electron chi connectivity index (χ0n) is 14.8. The summed E-state index contributed by atoms with van der Waals surface area (Å²) >= 11 is 12.5. The van der Waals surface area contributed by atoms with Crippen molar-refractivity contribution in [3.63, 3.8) is 0 Å². The van der Waals surface area contributed by atoms with E-state index in [1.807, 2.05) is 6.92 Å². The second-order valence-electron chi connectivity index (χ2n) is 6.24. The van der Waals surface area contributed by atoms with Crippen molar-refractivity contribution < 1.29 is 9.90 Å². The third-order valence-electron chi connectivity index (χ3n) is 4.50. The molecule has 2 aromatic rings. The van der Waals surface area contributed by atoms with Gasteiger partial charge in [-0.15, -0.1) is 0 Å². The highest BCUT2D eigenvalue weighted by molar-refractivity contribution is 6.36. The van der Waals surface area contributed by atoms with Gasteiger partial charge in [0.2, 0.25) is 0 Å². The Bertz CT molecular complexity index is 987. The van der Waals surface area contributed by atoms with Crippen molar-refractivity contribution in [1.29, 1.82) is 0 Å². The first-order valence-electron chi connectivity index (χ1n) is 8.52. The van der Waals surface area contributed by atoms with Crippen molar-refractivity contribution in [3.8, 4) is 0 Å². The van der Waals surface area contributed by atoms with Gasteiger partial charge in [-0.05, 0) is 38.3 Å². The van der Waals surface area contributed by atoms with E-state index in [1.54, 1.807) is 31.2 Å². The lowest BCUT2D eigenvalue weighted by atomic mass is 10.0. The Kier molecular flexibility index (Phi) is 5.53. The molecule has 1 aromatic heterocycles. The first-order valence-corrected chi connectivity index (χ1v) is 9.23. The topological polar surface area (TPSA) is 87.8 Å². The number of hydrazone groups is 1. The van der Waals surface area contributed by atoms with Crippen molar-refractivity contribution in [2.24, 2.45) is 5.10 Å². The second-order valence-corrected chi connectivity index (χ2v) is 6.96. The molecule has 1 aromatic carbocycles. The average molecular weight is 409 g/mol. The number of carboxylic acid groups (broad SMARTS) is 1. The highest BCUT2D eigenvalue weighted by Crippen LogP contribution is 2.29. The van der Waals surface area contributed by atoms with E-state index in [9.17, 15) is 14.7 Å². The molecular weight excluding hydrogens is 391 g/mol. The zero-order chi connectivity index (χ0) is 19.7. The highest BCUT2D eigenvalue weighted by atomic mass is 35.5. The lowest BCUT2D eigenvalue weighted by Crippen LogP contribution is -2.39. The SMILES string of the molecule is CCc1nc2n(c(=O)c1C(=O)O)C(C)CCC2=NN(Cl)c1ccccc1Cl. The van der Waals surface area contributed by atoms with Crippen LogP contribution >= 0.6 is 23.4 Å². The van der Waals surface area contributed by atoms with Crippen molar-refractivity contribution >= 4 is 40.7 Å². The number of fused-ring (bicyclic) bond motifs is 1. The third kappa shape index (κ3) is 3.57. The van der Waals surface area contributed by atoms with Gasteiger partial charge in [0.15, 0.2) is 5.82 Å². The van der Waals surface area contributed by atoms with Gasteiger partial charge in [0.05, 0.1) is 16.4 Å². The number of nitrogens with zero attached hydrogens (tertiary/aromatic N) is 4. The van der Waals surface area contributed by atoms with Crippen LogP contribution in [-0.4, -0.2) is 26.3 Å². The number of hydrogen-bond donors (Lipinski definition) is 1. The van der Waals surface area contributed by atoms with E-state index in [-0.39, 0.29) is 17.3 Å². The number of hydrogen-bond acceptors (Lipinski definition) is 5. The number of benzene rings is 1. The minimum atomic E-state index is -1.27. The first kappa shape index (κ1) is 19.4. The van der Waals surface area contributed by atoms with Gasteiger partial charge in [-0.2, -0.15) is 9.63 Å². The summed E-state index contributed by atoms with van der Waals surface area (Å²) in [5.74, 6) is -0.927. The van der Waals surface area contributed by atoms with E-state index in [1.165, 1.54) is 4.57 Å². The van der Waals surface area contributed by atoms with Crippen LogP contribution in [0.3, 0.4) is 0 Å². The van der Waals surface area contributed by atoms with Crippen molar-refractivity contribution in [1.82, 2.24) is 9.55 Å². The Morgan fingerprint density at radius 1 is 1.44 bits per heavy atom. The van der Waals surface area contributed by atoms with Crippen molar-refractivity contribution in [2.45, 2.75) is 39.2 Å². The number of para-hydroxylation sites is 1. The van der Waals surface area contributed by atoms with Gasteiger partial charge in [0.1, 0.15) is 11.3 Å². The van der Waals surface area contributed by atoms with E-state index in [2.05, 4.69) is 10.1 Å². The quantitative estimate of drug-likeness (QED) is 0.612. The Morgan fingerprint density at radius 2 is 2.15 bits per heavy atom. The fourth-order valence-electron chi connectivity index (χ4n) is 3.10. The number of anilines is 1. The van der Waals surface area contributed by atoms with Crippen LogP contribution < -0.4 is 10.1 Å². The second kappa shape index (κ2) is 7.70. The molecule has 2 heterocycles. The number of carbonyl (C=O) groups is 1. The largest absolute Gasteiger partial charge is 0.477 e. The fourth-order valence-corrected chi connectivity index (χ4v) is 3.60. The molecule has 1 aliphatic heterocycles. The number of rotatable bonds is 4. The van der Waals surface area contributed by atoms with Crippen molar-refractivity contribution in [3.05, 3.63) is 56.7 Å². The Morgan fingerprint density at radius 3 is 2.78 bits per heavy atom. The number of aromatic nitrogens is 2. The maximum Gasteiger partial charge on any atom is 0.343 e. The molecule has 1 aliphatic rings. The molecule has 7 nitrogen and oxygen atoms in total. The molecule has 9 heteroatoms. The minimum absolute atomic E-state index is 0.188. The lowest BCUT2D eigenvalue weighted by Gasteiger charge is -2.27. The van der Waals surface area contributed by atoms with Gasteiger partial charge in [-0.25, -0.2) is 9.78 Å². The smallest absolute Gasteiger partial charge is 0.343 e. The summed E-state index contributed by atoms with van der Waals surface area (Å²) in [6.45, 7) is 3.61. The molecule has 0 radical (unpaired) electrons. The van der Waals surface area contributed by atoms with Gasteiger partial charge in [-0.1, -0.05) is 30.7 Å². The van der Waals surface area contributed by atoms with E-state index in [0.29, 0.717) is 41.5 Å². The third-order valence-corrected chi connectivity index (χ3v) is 5.07. The number of halogens is 2. The first-order chi connectivity index (χ1) is 12.8.